The first-order valence-electron chi connectivity index (χ1n) is 6.98. The van der Waals surface area contributed by atoms with Crippen LogP contribution >= 0.6 is 0 Å². The van der Waals surface area contributed by atoms with E-state index in [1.807, 2.05) is 0 Å². The molecule has 1 aliphatic rings. The highest BCUT2D eigenvalue weighted by Crippen LogP contribution is 2.28. The van der Waals surface area contributed by atoms with Crippen molar-refractivity contribution in [3.05, 3.63) is 29.6 Å². The summed E-state index contributed by atoms with van der Waals surface area (Å²) in [6.45, 7) is 2.34. The number of aryl methyl sites for hydroxylation is 1. The number of halogens is 1. The normalized spacial score (nSPS) is 18.1. The van der Waals surface area contributed by atoms with Crippen molar-refractivity contribution in [2.45, 2.75) is 19.8 Å². The molecule has 1 unspecified atom stereocenters. The van der Waals surface area contributed by atoms with Gasteiger partial charge in [0.05, 0.1) is 11.6 Å². The minimum Gasteiger partial charge on any atom is -0.396 e. The number of amides is 2. The van der Waals surface area contributed by atoms with Crippen molar-refractivity contribution in [3.8, 4) is 0 Å². The van der Waals surface area contributed by atoms with Gasteiger partial charge in [-0.2, -0.15) is 0 Å². The van der Waals surface area contributed by atoms with E-state index in [1.165, 1.54) is 11.0 Å². The maximum Gasteiger partial charge on any atom is 0.227 e. The van der Waals surface area contributed by atoms with E-state index in [0.29, 0.717) is 13.0 Å². The highest BCUT2D eigenvalue weighted by Gasteiger charge is 2.35. The number of hydrogen-bond donors (Lipinski definition) is 2. The average molecular weight is 294 g/mol. The van der Waals surface area contributed by atoms with Crippen molar-refractivity contribution in [2.24, 2.45) is 5.92 Å². The van der Waals surface area contributed by atoms with Gasteiger partial charge in [0.25, 0.3) is 0 Å². The van der Waals surface area contributed by atoms with Gasteiger partial charge in [0.1, 0.15) is 5.82 Å². The molecule has 1 aliphatic heterocycles. The lowest BCUT2D eigenvalue weighted by Gasteiger charge is -2.17. The van der Waals surface area contributed by atoms with Crippen LogP contribution in [0.3, 0.4) is 0 Å². The number of aliphatic hydroxyl groups is 1. The van der Waals surface area contributed by atoms with E-state index in [9.17, 15) is 14.0 Å². The zero-order valence-electron chi connectivity index (χ0n) is 11.9. The van der Waals surface area contributed by atoms with Crippen LogP contribution in [0.1, 0.15) is 18.4 Å². The van der Waals surface area contributed by atoms with Crippen molar-refractivity contribution in [2.75, 3.05) is 24.6 Å². The molecule has 0 spiro atoms. The van der Waals surface area contributed by atoms with E-state index in [-0.39, 0.29) is 37.1 Å². The Labute approximate surface area is 122 Å². The van der Waals surface area contributed by atoms with Gasteiger partial charge in [-0.1, -0.05) is 6.07 Å². The number of nitrogens with zero attached hydrogens (tertiary/aromatic N) is 1. The fraction of sp³-hybridized carbons (Fsp3) is 0.467. The summed E-state index contributed by atoms with van der Waals surface area (Å²) in [4.78, 5) is 25.2. The van der Waals surface area contributed by atoms with Gasteiger partial charge in [-0.3, -0.25) is 9.59 Å². The summed E-state index contributed by atoms with van der Waals surface area (Å²) < 4.78 is 13.9. The number of aliphatic hydroxyl groups excluding tert-OH is 1. The second-order valence-corrected chi connectivity index (χ2v) is 5.23. The van der Waals surface area contributed by atoms with Crippen molar-refractivity contribution < 1.29 is 19.1 Å². The maximum absolute atomic E-state index is 13.9. The van der Waals surface area contributed by atoms with Gasteiger partial charge in [0.2, 0.25) is 11.8 Å². The van der Waals surface area contributed by atoms with Crippen LogP contribution in [0.2, 0.25) is 0 Å². The number of carbonyl (C=O) groups is 2. The third-order valence-electron chi connectivity index (χ3n) is 3.52. The van der Waals surface area contributed by atoms with E-state index in [4.69, 9.17) is 5.11 Å². The molecule has 1 saturated heterocycles. The van der Waals surface area contributed by atoms with E-state index >= 15 is 0 Å². The molecule has 2 rings (SSSR count). The number of nitrogens with one attached hydrogen (secondary N) is 1. The molecule has 0 aliphatic carbocycles. The van der Waals surface area contributed by atoms with Crippen LogP contribution in [-0.4, -0.2) is 36.6 Å². The van der Waals surface area contributed by atoms with E-state index in [2.05, 4.69) is 5.32 Å². The average Bonchev–Trinajstić information content (AvgIpc) is 2.81. The van der Waals surface area contributed by atoms with Crippen LogP contribution in [0.25, 0.3) is 0 Å². The Kier molecular flexibility index (Phi) is 4.90. The highest BCUT2D eigenvalue weighted by atomic mass is 19.1. The summed E-state index contributed by atoms with van der Waals surface area (Å²) in [5.41, 5.74) is 0.998. The van der Waals surface area contributed by atoms with Crippen LogP contribution < -0.4 is 10.2 Å². The Morgan fingerprint density at radius 3 is 2.95 bits per heavy atom. The van der Waals surface area contributed by atoms with Crippen LogP contribution in [0.15, 0.2) is 18.2 Å². The van der Waals surface area contributed by atoms with Gasteiger partial charge >= 0.3 is 0 Å². The lowest BCUT2D eigenvalue weighted by Crippen LogP contribution is -2.34. The largest absolute Gasteiger partial charge is 0.396 e. The minimum atomic E-state index is -0.475. The number of anilines is 1. The summed E-state index contributed by atoms with van der Waals surface area (Å²) in [5, 5.41) is 11.3. The molecule has 2 amide bonds. The number of rotatable bonds is 5. The third-order valence-corrected chi connectivity index (χ3v) is 3.52. The van der Waals surface area contributed by atoms with Crippen molar-refractivity contribution >= 4 is 17.5 Å². The Morgan fingerprint density at radius 1 is 1.52 bits per heavy atom. The SMILES string of the molecule is Cc1ccc(N2CC(C(=O)NCCCO)CC2=O)c(F)c1. The lowest BCUT2D eigenvalue weighted by molar-refractivity contribution is -0.126. The van der Waals surface area contributed by atoms with Crippen molar-refractivity contribution in [3.63, 3.8) is 0 Å². The third kappa shape index (κ3) is 3.58. The first-order valence-corrected chi connectivity index (χ1v) is 6.98. The van der Waals surface area contributed by atoms with Gasteiger partial charge in [-0.25, -0.2) is 4.39 Å². The van der Waals surface area contributed by atoms with Gasteiger partial charge < -0.3 is 15.3 Å². The van der Waals surface area contributed by atoms with Crippen LogP contribution in [0.5, 0.6) is 0 Å². The smallest absolute Gasteiger partial charge is 0.227 e. The predicted octanol–water partition coefficient (Wildman–Crippen LogP) is 0.986. The topological polar surface area (TPSA) is 69.6 Å². The standard InChI is InChI=1S/C15H19FN2O3/c1-10-3-4-13(12(16)7-10)18-9-11(8-14(18)20)15(21)17-5-2-6-19/h3-4,7,11,19H,2,5-6,8-9H2,1H3,(H,17,21). The molecular formula is C15H19FN2O3. The number of hydrogen-bond acceptors (Lipinski definition) is 3. The maximum atomic E-state index is 13.9. The summed E-state index contributed by atoms with van der Waals surface area (Å²) in [6.07, 6.45) is 0.557. The molecule has 2 N–H and O–H groups in total. The minimum absolute atomic E-state index is 0.00454. The first-order chi connectivity index (χ1) is 10.0. The van der Waals surface area contributed by atoms with Crippen LogP contribution in [-0.2, 0) is 9.59 Å². The van der Waals surface area contributed by atoms with E-state index in [1.54, 1.807) is 19.1 Å². The molecule has 0 radical (unpaired) electrons. The van der Waals surface area contributed by atoms with Crippen molar-refractivity contribution in [1.29, 1.82) is 0 Å². The molecule has 21 heavy (non-hydrogen) atoms. The van der Waals surface area contributed by atoms with Gasteiger partial charge in [0, 0.05) is 26.1 Å². The Balaban J connectivity index is 2.04. The van der Waals surface area contributed by atoms with E-state index in [0.717, 1.165) is 5.56 Å². The second kappa shape index (κ2) is 6.67. The molecule has 1 heterocycles. The zero-order valence-corrected chi connectivity index (χ0v) is 11.9. The summed E-state index contributed by atoms with van der Waals surface area (Å²) in [7, 11) is 0. The zero-order chi connectivity index (χ0) is 15.4. The van der Waals surface area contributed by atoms with Crippen LogP contribution in [0.4, 0.5) is 10.1 Å². The summed E-state index contributed by atoms with van der Waals surface area (Å²) in [6, 6.07) is 4.67. The number of carbonyl (C=O) groups excluding carboxylic acids is 2. The fourth-order valence-electron chi connectivity index (χ4n) is 2.38. The first kappa shape index (κ1) is 15.4. The molecule has 0 saturated carbocycles. The Hall–Kier alpha value is -1.95. The molecule has 1 aromatic carbocycles. The molecular weight excluding hydrogens is 275 g/mol. The van der Waals surface area contributed by atoms with Crippen LogP contribution in [0, 0.1) is 18.7 Å². The molecule has 0 aromatic heterocycles. The van der Waals surface area contributed by atoms with E-state index < -0.39 is 11.7 Å². The highest BCUT2D eigenvalue weighted by molar-refractivity contribution is 6.00. The molecule has 6 heteroatoms. The quantitative estimate of drug-likeness (QED) is 0.796. The Morgan fingerprint density at radius 2 is 2.29 bits per heavy atom. The summed E-state index contributed by atoms with van der Waals surface area (Å²) in [5.74, 6) is -1.41. The number of benzene rings is 1. The molecule has 1 atom stereocenters. The Bertz CT molecular complexity index is 548. The lowest BCUT2D eigenvalue weighted by atomic mass is 10.1. The molecule has 1 aromatic rings. The van der Waals surface area contributed by atoms with Gasteiger partial charge in [-0.05, 0) is 31.0 Å². The summed E-state index contributed by atoms with van der Waals surface area (Å²) >= 11 is 0. The molecule has 114 valence electrons. The molecule has 1 fully saturated rings. The van der Waals surface area contributed by atoms with Gasteiger partial charge in [-0.15, -0.1) is 0 Å². The predicted molar refractivity (Wildman–Crippen MR) is 76.3 cm³/mol. The molecule has 5 nitrogen and oxygen atoms in total. The molecule has 0 bridgehead atoms. The van der Waals surface area contributed by atoms with Gasteiger partial charge in [0.15, 0.2) is 0 Å². The fourth-order valence-corrected chi connectivity index (χ4v) is 2.38. The monoisotopic (exact) mass is 294 g/mol. The van der Waals surface area contributed by atoms with Crippen molar-refractivity contribution in [1.82, 2.24) is 5.32 Å². The second-order valence-electron chi connectivity index (χ2n) is 5.23.